The van der Waals surface area contributed by atoms with Crippen LogP contribution < -0.4 is 0 Å². The average molecular weight is 274 g/mol. The van der Waals surface area contributed by atoms with Gasteiger partial charge in [-0.25, -0.2) is 0 Å². The van der Waals surface area contributed by atoms with Gasteiger partial charge in [0.15, 0.2) is 13.1 Å². The minimum Gasteiger partial charge on any atom is -0.468 e. The molecule has 0 rings (SSSR count). The summed E-state index contributed by atoms with van der Waals surface area (Å²) in [6, 6.07) is 0. The molecule has 0 heterocycles. The highest BCUT2D eigenvalue weighted by molar-refractivity contribution is 4.75. The highest BCUT2D eigenvalue weighted by atomic mass is 16.7. The summed E-state index contributed by atoms with van der Waals surface area (Å²) in [6.07, 6.45) is 8.29. The molecule has 4 heteroatoms. The van der Waals surface area contributed by atoms with Crippen molar-refractivity contribution in [2.45, 2.75) is 59.3 Å². The summed E-state index contributed by atoms with van der Waals surface area (Å²) in [5, 5.41) is 0. The average Bonchev–Trinajstić information content (AvgIpc) is 2.43. The maximum absolute atomic E-state index is 5.56. The van der Waals surface area contributed by atoms with Gasteiger partial charge < -0.3 is 18.9 Å². The molecule has 0 saturated heterocycles. The van der Waals surface area contributed by atoms with E-state index in [-0.39, 0.29) is 6.79 Å². The summed E-state index contributed by atoms with van der Waals surface area (Å²) >= 11 is 0. The summed E-state index contributed by atoms with van der Waals surface area (Å²) in [7, 11) is 0. The van der Waals surface area contributed by atoms with E-state index in [0.29, 0.717) is 25.8 Å². The smallest absolute Gasteiger partial charge is 0.315 e. The van der Waals surface area contributed by atoms with Crippen LogP contribution in [0.25, 0.3) is 0 Å². The molecule has 0 aromatic rings. The van der Waals surface area contributed by atoms with Crippen LogP contribution in [0.4, 0.5) is 0 Å². The first kappa shape index (κ1) is 18.1. The molecule has 0 spiro atoms. The van der Waals surface area contributed by atoms with Crippen molar-refractivity contribution < 1.29 is 18.9 Å². The first-order valence-corrected chi connectivity index (χ1v) is 7.50. The van der Waals surface area contributed by atoms with E-state index in [1.54, 1.807) is 0 Å². The Morgan fingerprint density at radius 3 is 1.89 bits per heavy atom. The molecule has 0 radical (unpaired) electrons. The third kappa shape index (κ3) is 13.3. The van der Waals surface area contributed by atoms with Crippen molar-refractivity contribution in [1.82, 2.24) is 0 Å². The van der Waals surface area contributed by atoms with E-state index >= 15 is 0 Å². The van der Waals surface area contributed by atoms with Crippen LogP contribution in [0.3, 0.4) is 0 Å². The second-order valence-electron chi connectivity index (χ2n) is 4.33. The van der Waals surface area contributed by atoms with Gasteiger partial charge in [0.2, 0.25) is 0 Å². The fraction of sp³-hybridized carbons (Fsp3) is 0.867. The third-order valence-corrected chi connectivity index (χ3v) is 2.52. The minimum atomic E-state index is 0.233. The van der Waals surface area contributed by atoms with Gasteiger partial charge in [-0.05, 0) is 19.8 Å². The molecular formula is C15H30O4. The van der Waals surface area contributed by atoms with Crippen LogP contribution in [0.5, 0.6) is 0 Å². The zero-order chi connectivity index (χ0) is 14.2. The van der Waals surface area contributed by atoms with Crippen LogP contribution in [-0.4, -0.2) is 26.6 Å². The van der Waals surface area contributed by atoms with Crippen LogP contribution in [0, 0.1) is 0 Å². The van der Waals surface area contributed by atoms with Gasteiger partial charge in [-0.2, -0.15) is 0 Å². The Balaban J connectivity index is 3.84. The number of rotatable bonds is 14. The topological polar surface area (TPSA) is 36.9 Å². The van der Waals surface area contributed by atoms with E-state index in [2.05, 4.69) is 13.8 Å². The number of hydrogen-bond donors (Lipinski definition) is 0. The van der Waals surface area contributed by atoms with Crippen molar-refractivity contribution in [3.05, 3.63) is 12.2 Å². The van der Waals surface area contributed by atoms with Gasteiger partial charge in [0.1, 0.15) is 0 Å². The van der Waals surface area contributed by atoms with E-state index < -0.39 is 0 Å². The summed E-state index contributed by atoms with van der Waals surface area (Å²) in [5.41, 5.74) is 0. The van der Waals surface area contributed by atoms with Gasteiger partial charge in [0.05, 0.1) is 13.2 Å². The molecule has 0 aliphatic carbocycles. The zero-order valence-electron chi connectivity index (χ0n) is 12.8. The molecule has 0 aliphatic rings. The summed E-state index contributed by atoms with van der Waals surface area (Å²) < 4.78 is 21.4. The van der Waals surface area contributed by atoms with Crippen LogP contribution >= 0.6 is 0 Å². The van der Waals surface area contributed by atoms with Gasteiger partial charge in [-0.15, -0.1) is 0 Å². The molecule has 0 aromatic carbocycles. The van der Waals surface area contributed by atoms with Gasteiger partial charge in [0.25, 0.3) is 0 Å². The summed E-state index contributed by atoms with van der Waals surface area (Å²) in [5.74, 6) is 0.465. The van der Waals surface area contributed by atoms with Gasteiger partial charge in [-0.3, -0.25) is 0 Å². The second kappa shape index (κ2) is 15.2. The SMILES string of the molecule is CCCCCOC(=COCOCC)OCCCCC. The fourth-order valence-corrected chi connectivity index (χ4v) is 1.39. The predicted octanol–water partition coefficient (Wildman–Crippen LogP) is 4.21. The summed E-state index contributed by atoms with van der Waals surface area (Å²) in [6.45, 7) is 8.48. The van der Waals surface area contributed by atoms with Crippen molar-refractivity contribution in [2.24, 2.45) is 0 Å². The second-order valence-corrected chi connectivity index (χ2v) is 4.33. The fourth-order valence-electron chi connectivity index (χ4n) is 1.39. The lowest BCUT2D eigenvalue weighted by atomic mass is 10.3. The molecule has 0 aliphatic heterocycles. The number of unbranched alkanes of at least 4 members (excludes halogenated alkanes) is 4. The quantitative estimate of drug-likeness (QED) is 0.270. The molecule has 19 heavy (non-hydrogen) atoms. The highest BCUT2D eigenvalue weighted by Gasteiger charge is 2.01. The van der Waals surface area contributed by atoms with Crippen LogP contribution in [0.15, 0.2) is 12.2 Å². The Morgan fingerprint density at radius 1 is 0.842 bits per heavy atom. The maximum Gasteiger partial charge on any atom is 0.315 e. The van der Waals surface area contributed by atoms with Crippen LogP contribution in [0.2, 0.25) is 0 Å². The Labute approximate surface area is 118 Å². The molecule has 0 N–H and O–H groups in total. The van der Waals surface area contributed by atoms with Crippen LogP contribution in [0.1, 0.15) is 59.3 Å². The highest BCUT2D eigenvalue weighted by Crippen LogP contribution is 2.06. The van der Waals surface area contributed by atoms with Crippen molar-refractivity contribution in [3.8, 4) is 0 Å². The first-order chi connectivity index (χ1) is 9.35. The van der Waals surface area contributed by atoms with Gasteiger partial charge in [0, 0.05) is 6.61 Å². The molecule has 0 amide bonds. The molecule has 114 valence electrons. The van der Waals surface area contributed by atoms with Gasteiger partial charge in [-0.1, -0.05) is 39.5 Å². The predicted molar refractivity (Wildman–Crippen MR) is 76.6 cm³/mol. The number of ether oxygens (including phenoxy) is 4. The lowest BCUT2D eigenvalue weighted by Gasteiger charge is -2.12. The molecule has 0 unspecified atom stereocenters. The molecule has 0 fully saturated rings. The molecular weight excluding hydrogens is 244 g/mol. The van der Waals surface area contributed by atoms with E-state index in [4.69, 9.17) is 18.9 Å². The Kier molecular flexibility index (Phi) is 14.4. The van der Waals surface area contributed by atoms with E-state index in [1.807, 2.05) is 6.92 Å². The van der Waals surface area contributed by atoms with Gasteiger partial charge >= 0.3 is 5.95 Å². The van der Waals surface area contributed by atoms with Crippen LogP contribution in [-0.2, 0) is 18.9 Å². The maximum atomic E-state index is 5.56. The number of hydrogen-bond acceptors (Lipinski definition) is 4. The monoisotopic (exact) mass is 274 g/mol. The van der Waals surface area contributed by atoms with Crippen molar-refractivity contribution in [1.29, 1.82) is 0 Å². The standard InChI is InChI=1S/C15H30O4/c1-4-7-9-11-18-15(13-17-14-16-6-3)19-12-10-8-5-2/h13H,4-12,14H2,1-3H3. The normalized spacial score (nSPS) is 10.1. The zero-order valence-corrected chi connectivity index (χ0v) is 12.8. The van der Waals surface area contributed by atoms with Crippen molar-refractivity contribution in [3.63, 3.8) is 0 Å². The third-order valence-electron chi connectivity index (χ3n) is 2.52. The van der Waals surface area contributed by atoms with Crippen molar-refractivity contribution in [2.75, 3.05) is 26.6 Å². The van der Waals surface area contributed by atoms with E-state index in [9.17, 15) is 0 Å². The molecule has 0 aromatic heterocycles. The summed E-state index contributed by atoms with van der Waals surface area (Å²) in [4.78, 5) is 0. The molecule has 0 bridgehead atoms. The molecule has 0 atom stereocenters. The Bertz CT molecular complexity index is 190. The molecule has 4 nitrogen and oxygen atoms in total. The lowest BCUT2D eigenvalue weighted by Crippen LogP contribution is -2.04. The Hall–Kier alpha value is -0.900. The minimum absolute atomic E-state index is 0.233. The van der Waals surface area contributed by atoms with Crippen molar-refractivity contribution >= 4 is 0 Å². The Morgan fingerprint density at radius 2 is 1.42 bits per heavy atom. The van der Waals surface area contributed by atoms with E-state index in [1.165, 1.54) is 31.9 Å². The largest absolute Gasteiger partial charge is 0.468 e. The van der Waals surface area contributed by atoms with E-state index in [0.717, 1.165) is 12.8 Å². The molecule has 0 saturated carbocycles. The first-order valence-electron chi connectivity index (χ1n) is 7.50. The lowest BCUT2D eigenvalue weighted by molar-refractivity contribution is -0.0285.